The minimum atomic E-state index is -0.0903. The number of carbonyl (C=O) groups excluding carboxylic acids is 1. The van der Waals surface area contributed by atoms with Crippen LogP contribution in [0.15, 0.2) is 18.2 Å². The Balaban J connectivity index is 3.01. The maximum atomic E-state index is 11.6. The predicted molar refractivity (Wildman–Crippen MR) is 68.0 cm³/mol. The van der Waals surface area contributed by atoms with Crippen molar-refractivity contribution < 1.29 is 4.79 Å². The Morgan fingerprint density at radius 2 is 1.94 bits per heavy atom. The average Bonchev–Trinajstić information content (AvgIpc) is 2.16. The Hall–Kier alpha value is -1.51. The van der Waals surface area contributed by atoms with Crippen molar-refractivity contribution >= 4 is 11.7 Å². The van der Waals surface area contributed by atoms with Gasteiger partial charge in [0.2, 0.25) is 0 Å². The summed E-state index contributed by atoms with van der Waals surface area (Å²) in [6.45, 7) is 6.27. The molecule has 0 saturated carbocycles. The topological polar surface area (TPSA) is 32.3 Å². The smallest absolute Gasteiger partial charge is 0.321 e. The zero-order valence-corrected chi connectivity index (χ0v) is 10.7. The van der Waals surface area contributed by atoms with Crippen LogP contribution in [0.25, 0.3) is 0 Å². The summed E-state index contributed by atoms with van der Waals surface area (Å²) < 4.78 is 0. The molecule has 0 atom stereocenters. The molecule has 0 unspecified atom stereocenters. The Morgan fingerprint density at radius 1 is 1.31 bits per heavy atom. The molecule has 1 aromatic rings. The molecule has 0 fully saturated rings. The highest BCUT2D eigenvalue weighted by molar-refractivity contribution is 5.90. The van der Waals surface area contributed by atoms with Crippen molar-refractivity contribution in [3.63, 3.8) is 0 Å². The maximum absolute atomic E-state index is 11.6. The van der Waals surface area contributed by atoms with Crippen molar-refractivity contribution in [2.75, 3.05) is 19.4 Å². The number of anilines is 1. The van der Waals surface area contributed by atoms with Crippen LogP contribution in [-0.4, -0.2) is 25.0 Å². The molecule has 16 heavy (non-hydrogen) atoms. The molecule has 1 N–H and O–H groups in total. The van der Waals surface area contributed by atoms with Crippen LogP contribution in [0.4, 0.5) is 10.5 Å². The van der Waals surface area contributed by atoms with Gasteiger partial charge in [-0.2, -0.15) is 0 Å². The highest BCUT2D eigenvalue weighted by Crippen LogP contribution is 2.25. The number of rotatable bonds is 2. The average molecular weight is 220 g/mol. The third kappa shape index (κ3) is 2.99. The molecule has 3 heteroatoms. The van der Waals surface area contributed by atoms with E-state index in [1.165, 1.54) is 10.5 Å². The molecule has 88 valence electrons. The Kier molecular flexibility index (Phi) is 3.93. The van der Waals surface area contributed by atoms with Crippen LogP contribution in [0.2, 0.25) is 0 Å². The highest BCUT2D eigenvalue weighted by atomic mass is 16.2. The molecular formula is C13H20N2O. The summed E-state index contributed by atoms with van der Waals surface area (Å²) >= 11 is 0. The molecule has 0 radical (unpaired) electrons. The van der Waals surface area contributed by atoms with Gasteiger partial charge in [0.05, 0.1) is 0 Å². The lowest BCUT2D eigenvalue weighted by Crippen LogP contribution is -2.27. The van der Waals surface area contributed by atoms with Crippen LogP contribution in [-0.2, 0) is 0 Å². The minimum absolute atomic E-state index is 0.0903. The fourth-order valence-corrected chi connectivity index (χ4v) is 1.51. The lowest BCUT2D eigenvalue weighted by Gasteiger charge is -2.17. The Bertz CT molecular complexity index is 384. The van der Waals surface area contributed by atoms with Gasteiger partial charge in [-0.1, -0.05) is 26.0 Å². The second-order valence-corrected chi connectivity index (χ2v) is 4.57. The number of benzene rings is 1. The highest BCUT2D eigenvalue weighted by Gasteiger charge is 2.10. The lowest BCUT2D eigenvalue weighted by molar-refractivity contribution is 0.230. The molecule has 0 aromatic heterocycles. The first-order valence-corrected chi connectivity index (χ1v) is 5.50. The number of nitrogens with one attached hydrogen (secondary N) is 1. The molecular weight excluding hydrogens is 200 g/mol. The third-order valence-corrected chi connectivity index (χ3v) is 2.48. The molecule has 0 aliphatic rings. The van der Waals surface area contributed by atoms with Crippen LogP contribution >= 0.6 is 0 Å². The molecule has 3 nitrogen and oxygen atoms in total. The summed E-state index contributed by atoms with van der Waals surface area (Å²) in [5, 5.41) is 2.92. The minimum Gasteiger partial charge on any atom is -0.331 e. The van der Waals surface area contributed by atoms with E-state index < -0.39 is 0 Å². The first kappa shape index (κ1) is 12.6. The first-order chi connectivity index (χ1) is 7.41. The van der Waals surface area contributed by atoms with E-state index in [1.807, 2.05) is 13.0 Å². The molecule has 0 saturated heterocycles. The van der Waals surface area contributed by atoms with Crippen LogP contribution < -0.4 is 5.32 Å². The van der Waals surface area contributed by atoms with Gasteiger partial charge in [0.1, 0.15) is 0 Å². The van der Waals surface area contributed by atoms with E-state index in [0.29, 0.717) is 5.92 Å². The van der Waals surface area contributed by atoms with Crippen LogP contribution in [0, 0.1) is 6.92 Å². The van der Waals surface area contributed by atoms with Gasteiger partial charge in [0.15, 0.2) is 0 Å². The van der Waals surface area contributed by atoms with Crippen LogP contribution in [0.3, 0.4) is 0 Å². The fourth-order valence-electron chi connectivity index (χ4n) is 1.51. The van der Waals surface area contributed by atoms with E-state index in [0.717, 1.165) is 11.3 Å². The summed E-state index contributed by atoms with van der Waals surface area (Å²) in [5.74, 6) is 0.401. The Labute approximate surface area is 97.5 Å². The van der Waals surface area contributed by atoms with Gasteiger partial charge >= 0.3 is 6.03 Å². The summed E-state index contributed by atoms with van der Waals surface area (Å²) in [4.78, 5) is 13.1. The Morgan fingerprint density at radius 3 is 2.44 bits per heavy atom. The molecule has 0 heterocycles. The molecule has 1 aromatic carbocycles. The molecule has 0 spiro atoms. The zero-order chi connectivity index (χ0) is 12.3. The number of nitrogens with zero attached hydrogens (tertiary/aromatic N) is 1. The van der Waals surface area contributed by atoms with E-state index >= 15 is 0 Å². The standard InChI is InChI=1S/C13H20N2O/c1-9(2)11-7-6-10(3)8-12(11)14-13(16)15(4)5/h6-9H,1-5H3,(H,14,16). The summed E-state index contributed by atoms with van der Waals surface area (Å²) in [7, 11) is 3.47. The zero-order valence-electron chi connectivity index (χ0n) is 10.7. The van der Waals surface area contributed by atoms with Crippen LogP contribution in [0.5, 0.6) is 0 Å². The fraction of sp³-hybridized carbons (Fsp3) is 0.462. The van der Waals surface area contributed by atoms with Crippen molar-refractivity contribution in [3.8, 4) is 0 Å². The number of urea groups is 1. The van der Waals surface area contributed by atoms with Gasteiger partial charge in [-0.15, -0.1) is 0 Å². The van der Waals surface area contributed by atoms with Gasteiger partial charge in [-0.25, -0.2) is 4.79 Å². The van der Waals surface area contributed by atoms with Crippen molar-refractivity contribution in [1.29, 1.82) is 0 Å². The summed E-state index contributed by atoms with van der Waals surface area (Å²) in [6, 6.07) is 6.07. The van der Waals surface area contributed by atoms with Crippen molar-refractivity contribution in [2.45, 2.75) is 26.7 Å². The van der Waals surface area contributed by atoms with Gasteiger partial charge in [0.25, 0.3) is 0 Å². The molecule has 0 bridgehead atoms. The van der Waals surface area contributed by atoms with E-state index in [4.69, 9.17) is 0 Å². The number of hydrogen-bond donors (Lipinski definition) is 1. The summed E-state index contributed by atoms with van der Waals surface area (Å²) in [5.41, 5.74) is 3.23. The quantitative estimate of drug-likeness (QED) is 0.815. The van der Waals surface area contributed by atoms with Gasteiger partial charge < -0.3 is 10.2 Å². The molecule has 2 amide bonds. The summed E-state index contributed by atoms with van der Waals surface area (Å²) in [6.07, 6.45) is 0. The molecule has 0 aliphatic heterocycles. The van der Waals surface area contributed by atoms with Gasteiger partial charge in [-0.3, -0.25) is 0 Å². The maximum Gasteiger partial charge on any atom is 0.321 e. The van der Waals surface area contributed by atoms with Gasteiger partial charge in [-0.05, 0) is 30.0 Å². The SMILES string of the molecule is Cc1ccc(C(C)C)c(NC(=O)N(C)C)c1. The largest absolute Gasteiger partial charge is 0.331 e. The number of amides is 2. The molecule has 0 aliphatic carbocycles. The van der Waals surface area contributed by atoms with E-state index in [2.05, 4.69) is 31.3 Å². The molecule has 1 rings (SSSR count). The normalized spacial score (nSPS) is 10.4. The second kappa shape index (κ2) is 5.01. The van der Waals surface area contributed by atoms with E-state index in [9.17, 15) is 4.79 Å². The van der Waals surface area contributed by atoms with Crippen molar-refractivity contribution in [1.82, 2.24) is 4.90 Å². The van der Waals surface area contributed by atoms with E-state index in [1.54, 1.807) is 14.1 Å². The van der Waals surface area contributed by atoms with E-state index in [-0.39, 0.29) is 6.03 Å². The third-order valence-electron chi connectivity index (χ3n) is 2.48. The van der Waals surface area contributed by atoms with Crippen molar-refractivity contribution in [3.05, 3.63) is 29.3 Å². The van der Waals surface area contributed by atoms with Gasteiger partial charge in [0, 0.05) is 19.8 Å². The number of hydrogen-bond acceptors (Lipinski definition) is 1. The van der Waals surface area contributed by atoms with Crippen LogP contribution in [0.1, 0.15) is 30.9 Å². The monoisotopic (exact) mass is 220 g/mol. The van der Waals surface area contributed by atoms with Crippen molar-refractivity contribution in [2.24, 2.45) is 0 Å². The second-order valence-electron chi connectivity index (χ2n) is 4.57. The predicted octanol–water partition coefficient (Wildman–Crippen LogP) is 3.21. The number of carbonyl (C=O) groups is 1. The number of aryl methyl sites for hydroxylation is 1. The first-order valence-electron chi connectivity index (χ1n) is 5.50. The lowest BCUT2D eigenvalue weighted by atomic mass is 9.99.